The molecule has 0 spiro atoms. The van der Waals surface area contributed by atoms with Crippen molar-refractivity contribution >= 4 is 0 Å². The van der Waals surface area contributed by atoms with Gasteiger partial charge in [0.25, 0.3) is 0 Å². The van der Waals surface area contributed by atoms with Crippen LogP contribution in [0.4, 0.5) is 0 Å². The van der Waals surface area contributed by atoms with E-state index in [-0.39, 0.29) is 0 Å². The van der Waals surface area contributed by atoms with Crippen LogP contribution in [0.5, 0.6) is 0 Å². The molecule has 0 heterocycles. The molecule has 0 saturated heterocycles. The first kappa shape index (κ1) is 21.1. The SMILES string of the molecule is CCCCc1cc(Cc2ccccc2)c(Cc2ccccc2)c(Cc2ccccc2)c1. The highest BCUT2D eigenvalue weighted by molar-refractivity contribution is 5.46. The van der Waals surface area contributed by atoms with Gasteiger partial charge in [-0.3, -0.25) is 0 Å². The first-order valence-electron chi connectivity index (χ1n) is 11.6. The Balaban J connectivity index is 1.79. The fourth-order valence-corrected chi connectivity index (χ4v) is 4.37. The van der Waals surface area contributed by atoms with E-state index < -0.39 is 0 Å². The van der Waals surface area contributed by atoms with E-state index in [2.05, 4.69) is 110 Å². The molecule has 0 unspecified atom stereocenters. The van der Waals surface area contributed by atoms with E-state index in [4.69, 9.17) is 0 Å². The van der Waals surface area contributed by atoms with Crippen LogP contribution in [0.2, 0.25) is 0 Å². The van der Waals surface area contributed by atoms with Crippen molar-refractivity contribution in [3.63, 3.8) is 0 Å². The van der Waals surface area contributed by atoms with E-state index in [9.17, 15) is 0 Å². The zero-order valence-electron chi connectivity index (χ0n) is 18.6. The largest absolute Gasteiger partial charge is 0.0654 e. The molecule has 0 aliphatic heterocycles. The van der Waals surface area contributed by atoms with Crippen LogP contribution in [-0.2, 0) is 25.7 Å². The van der Waals surface area contributed by atoms with Crippen LogP contribution >= 0.6 is 0 Å². The average molecular weight is 405 g/mol. The Hall–Kier alpha value is -3.12. The third-order valence-corrected chi connectivity index (χ3v) is 6.01. The number of aryl methyl sites for hydroxylation is 1. The molecule has 0 saturated carbocycles. The van der Waals surface area contributed by atoms with Crippen molar-refractivity contribution in [3.8, 4) is 0 Å². The zero-order chi connectivity index (χ0) is 21.3. The molecular weight excluding hydrogens is 372 g/mol. The van der Waals surface area contributed by atoms with Gasteiger partial charge in [-0.1, -0.05) is 116 Å². The standard InChI is InChI=1S/C31H32/c1-2-3-13-28-22-29(20-25-14-7-4-8-15-25)31(24-27-18-11-6-12-19-27)30(23-28)21-26-16-9-5-10-17-26/h4-12,14-19,22-23H,2-3,13,20-21,24H2,1H3. The highest BCUT2D eigenvalue weighted by atomic mass is 14.2. The summed E-state index contributed by atoms with van der Waals surface area (Å²) in [5, 5.41) is 0. The van der Waals surface area contributed by atoms with E-state index in [0.717, 1.165) is 25.7 Å². The van der Waals surface area contributed by atoms with Crippen LogP contribution < -0.4 is 0 Å². The molecule has 0 aliphatic rings. The van der Waals surface area contributed by atoms with Gasteiger partial charge in [0.1, 0.15) is 0 Å². The number of unbranched alkanes of at least 4 members (excludes halogenated alkanes) is 1. The topological polar surface area (TPSA) is 0 Å². The monoisotopic (exact) mass is 404 g/mol. The summed E-state index contributed by atoms with van der Waals surface area (Å²) >= 11 is 0. The molecule has 4 rings (SSSR count). The zero-order valence-corrected chi connectivity index (χ0v) is 18.6. The number of hydrogen-bond donors (Lipinski definition) is 0. The maximum absolute atomic E-state index is 2.48. The highest BCUT2D eigenvalue weighted by Gasteiger charge is 2.13. The molecule has 0 bridgehead atoms. The van der Waals surface area contributed by atoms with E-state index in [1.165, 1.54) is 51.8 Å². The summed E-state index contributed by atoms with van der Waals surface area (Å²) in [5.41, 5.74) is 10.1. The van der Waals surface area contributed by atoms with Gasteiger partial charge in [0.15, 0.2) is 0 Å². The normalized spacial score (nSPS) is 10.9. The van der Waals surface area contributed by atoms with Crippen molar-refractivity contribution in [3.05, 3.63) is 142 Å². The molecule has 0 aromatic heterocycles. The van der Waals surface area contributed by atoms with Crippen LogP contribution in [0.15, 0.2) is 103 Å². The fraction of sp³-hybridized carbons (Fsp3) is 0.226. The second-order valence-electron chi connectivity index (χ2n) is 8.48. The number of rotatable bonds is 9. The van der Waals surface area contributed by atoms with Crippen molar-refractivity contribution in [1.82, 2.24) is 0 Å². The molecule has 0 nitrogen and oxygen atoms in total. The molecule has 4 aromatic rings. The Bertz CT molecular complexity index is 1000. The van der Waals surface area contributed by atoms with E-state index in [0.29, 0.717) is 0 Å². The molecular formula is C31H32. The molecule has 0 atom stereocenters. The average Bonchev–Trinajstić information content (AvgIpc) is 2.82. The molecule has 0 amide bonds. The summed E-state index contributed by atoms with van der Waals surface area (Å²) in [6.45, 7) is 2.28. The molecule has 0 heteroatoms. The predicted octanol–water partition coefficient (Wildman–Crippen LogP) is 7.80. The molecule has 0 N–H and O–H groups in total. The Morgan fingerprint density at radius 1 is 0.484 bits per heavy atom. The van der Waals surface area contributed by atoms with Crippen molar-refractivity contribution in [1.29, 1.82) is 0 Å². The van der Waals surface area contributed by atoms with Gasteiger partial charge in [0.2, 0.25) is 0 Å². The van der Waals surface area contributed by atoms with Gasteiger partial charge < -0.3 is 0 Å². The summed E-state index contributed by atoms with van der Waals surface area (Å²) in [6.07, 6.45) is 6.60. The van der Waals surface area contributed by atoms with Gasteiger partial charge in [-0.2, -0.15) is 0 Å². The second kappa shape index (κ2) is 10.8. The first-order chi connectivity index (χ1) is 15.3. The Morgan fingerprint density at radius 3 is 1.32 bits per heavy atom. The summed E-state index contributed by atoms with van der Waals surface area (Å²) in [7, 11) is 0. The highest BCUT2D eigenvalue weighted by Crippen LogP contribution is 2.27. The van der Waals surface area contributed by atoms with Gasteiger partial charge in [-0.05, 0) is 71.0 Å². The minimum atomic E-state index is 0.985. The number of hydrogen-bond acceptors (Lipinski definition) is 0. The van der Waals surface area contributed by atoms with Crippen molar-refractivity contribution in [2.75, 3.05) is 0 Å². The summed E-state index contributed by atoms with van der Waals surface area (Å²) in [4.78, 5) is 0. The first-order valence-corrected chi connectivity index (χ1v) is 11.6. The van der Waals surface area contributed by atoms with E-state index in [1.807, 2.05) is 0 Å². The molecule has 0 aliphatic carbocycles. The lowest BCUT2D eigenvalue weighted by Gasteiger charge is -2.19. The van der Waals surface area contributed by atoms with Crippen LogP contribution in [0, 0.1) is 0 Å². The van der Waals surface area contributed by atoms with Crippen LogP contribution in [0.1, 0.15) is 58.7 Å². The Morgan fingerprint density at radius 2 is 0.903 bits per heavy atom. The van der Waals surface area contributed by atoms with Gasteiger partial charge >= 0.3 is 0 Å². The van der Waals surface area contributed by atoms with Gasteiger partial charge in [-0.15, -0.1) is 0 Å². The minimum Gasteiger partial charge on any atom is -0.0654 e. The maximum Gasteiger partial charge on any atom is -0.00201 e. The molecule has 0 radical (unpaired) electrons. The van der Waals surface area contributed by atoms with Crippen molar-refractivity contribution in [2.24, 2.45) is 0 Å². The van der Waals surface area contributed by atoms with Crippen molar-refractivity contribution in [2.45, 2.75) is 45.4 Å². The lowest BCUT2D eigenvalue weighted by molar-refractivity contribution is 0.791. The van der Waals surface area contributed by atoms with Gasteiger partial charge in [-0.25, -0.2) is 0 Å². The summed E-state index contributed by atoms with van der Waals surface area (Å²) < 4.78 is 0. The Labute approximate surface area is 187 Å². The fourth-order valence-electron chi connectivity index (χ4n) is 4.37. The maximum atomic E-state index is 2.48. The third-order valence-electron chi connectivity index (χ3n) is 6.01. The van der Waals surface area contributed by atoms with Crippen LogP contribution in [-0.4, -0.2) is 0 Å². The number of benzene rings is 4. The lowest BCUT2D eigenvalue weighted by atomic mass is 9.86. The summed E-state index contributed by atoms with van der Waals surface area (Å²) in [5.74, 6) is 0. The van der Waals surface area contributed by atoms with E-state index in [1.54, 1.807) is 0 Å². The second-order valence-corrected chi connectivity index (χ2v) is 8.48. The predicted molar refractivity (Wildman–Crippen MR) is 133 cm³/mol. The Kier molecular flexibility index (Phi) is 7.34. The molecule has 4 aromatic carbocycles. The van der Waals surface area contributed by atoms with Gasteiger partial charge in [0.05, 0.1) is 0 Å². The summed E-state index contributed by atoms with van der Waals surface area (Å²) in [6, 6.07) is 37.7. The van der Waals surface area contributed by atoms with Crippen molar-refractivity contribution < 1.29 is 0 Å². The lowest BCUT2D eigenvalue weighted by Crippen LogP contribution is -2.06. The molecule has 156 valence electrons. The van der Waals surface area contributed by atoms with Gasteiger partial charge in [0, 0.05) is 0 Å². The minimum absolute atomic E-state index is 0.985. The van der Waals surface area contributed by atoms with E-state index >= 15 is 0 Å². The molecule has 31 heavy (non-hydrogen) atoms. The van der Waals surface area contributed by atoms with Crippen LogP contribution in [0.25, 0.3) is 0 Å². The quantitative estimate of drug-likeness (QED) is 0.267. The third kappa shape index (κ3) is 5.95. The van der Waals surface area contributed by atoms with Crippen LogP contribution in [0.3, 0.4) is 0 Å². The smallest absolute Gasteiger partial charge is 0.00201 e. The molecule has 0 fully saturated rings.